The molecule has 0 bridgehead atoms. The number of hydrogen-bond acceptors (Lipinski definition) is 5. The minimum absolute atomic E-state index is 0.0323. The van der Waals surface area contributed by atoms with Gasteiger partial charge in [0.25, 0.3) is 5.91 Å². The first kappa shape index (κ1) is 24.7. The predicted octanol–water partition coefficient (Wildman–Crippen LogP) is 5.17. The maximum absolute atomic E-state index is 12.8. The number of rotatable bonds is 7. The zero-order chi connectivity index (χ0) is 25.3. The summed E-state index contributed by atoms with van der Waals surface area (Å²) in [7, 11) is -3.53. The third kappa shape index (κ3) is 5.47. The molecule has 0 spiro atoms. The second-order valence-corrected chi connectivity index (χ2v) is 11.7. The van der Waals surface area contributed by atoms with E-state index < -0.39 is 10.0 Å². The van der Waals surface area contributed by atoms with Crippen LogP contribution in [0, 0.1) is 6.92 Å². The number of hydrogen-bond donors (Lipinski definition) is 1. The molecule has 0 saturated heterocycles. The number of anilines is 2. The van der Waals surface area contributed by atoms with Crippen molar-refractivity contribution in [3.8, 4) is 0 Å². The molecule has 0 atom stereocenters. The number of aromatic nitrogens is 1. The predicted molar refractivity (Wildman–Crippen MR) is 143 cm³/mol. The first-order valence-electron chi connectivity index (χ1n) is 11.1. The van der Waals surface area contributed by atoms with Crippen LogP contribution in [0.5, 0.6) is 0 Å². The van der Waals surface area contributed by atoms with Gasteiger partial charge in [-0.2, -0.15) is 0 Å². The summed E-state index contributed by atoms with van der Waals surface area (Å²) in [5, 5.41) is 2.86. The van der Waals surface area contributed by atoms with E-state index in [1.165, 1.54) is 10.6 Å². The van der Waals surface area contributed by atoms with Gasteiger partial charge in [-0.15, -0.1) is 0 Å². The van der Waals surface area contributed by atoms with Crippen LogP contribution in [0.1, 0.15) is 41.4 Å². The SMILES string of the molecule is Cc1ccc(CN(c2ccc(C(=O)Nc3ccc4c(c3)sc(=O)n4C(C)C)cc2)S(C)(=O)=O)cc1. The number of sulfonamides is 1. The quantitative estimate of drug-likeness (QED) is 0.372. The van der Waals surface area contributed by atoms with E-state index in [1.807, 2.05) is 51.1 Å². The Kier molecular flexibility index (Phi) is 6.82. The van der Waals surface area contributed by atoms with Crippen LogP contribution in [0.25, 0.3) is 10.2 Å². The highest BCUT2D eigenvalue weighted by atomic mass is 32.2. The average molecular weight is 510 g/mol. The lowest BCUT2D eigenvalue weighted by Gasteiger charge is -2.23. The fourth-order valence-corrected chi connectivity index (χ4v) is 5.79. The molecule has 1 N–H and O–H groups in total. The van der Waals surface area contributed by atoms with Gasteiger partial charge in [0.15, 0.2) is 0 Å². The Balaban J connectivity index is 1.53. The zero-order valence-corrected chi connectivity index (χ0v) is 21.6. The normalized spacial score (nSPS) is 11.7. The van der Waals surface area contributed by atoms with Crippen LogP contribution >= 0.6 is 11.3 Å². The zero-order valence-electron chi connectivity index (χ0n) is 20.0. The van der Waals surface area contributed by atoms with Crippen LogP contribution < -0.4 is 14.5 Å². The van der Waals surface area contributed by atoms with Crippen molar-refractivity contribution in [2.75, 3.05) is 15.9 Å². The van der Waals surface area contributed by atoms with Crippen LogP contribution in [0.3, 0.4) is 0 Å². The van der Waals surface area contributed by atoms with E-state index in [1.54, 1.807) is 41.0 Å². The lowest BCUT2D eigenvalue weighted by Crippen LogP contribution is -2.29. The number of aryl methyl sites for hydroxylation is 1. The standard InChI is InChI=1S/C26H27N3O4S2/c1-17(2)29-23-14-11-21(15-24(23)34-26(29)31)27-25(30)20-9-12-22(13-10-20)28(35(4,32)33)16-19-7-5-18(3)6-8-19/h5-15,17H,16H2,1-4H3,(H,27,30). The molecule has 0 aliphatic heterocycles. The number of nitrogens with one attached hydrogen (secondary N) is 1. The smallest absolute Gasteiger partial charge is 0.308 e. The van der Waals surface area contributed by atoms with Crippen LogP contribution in [0.15, 0.2) is 71.5 Å². The van der Waals surface area contributed by atoms with E-state index in [-0.39, 0.29) is 23.4 Å². The summed E-state index contributed by atoms with van der Waals surface area (Å²) in [5.41, 5.74) is 4.26. The van der Waals surface area contributed by atoms with Gasteiger partial charge >= 0.3 is 4.87 Å². The monoisotopic (exact) mass is 509 g/mol. The molecule has 1 aromatic heterocycles. The van der Waals surface area contributed by atoms with Gasteiger partial charge in [-0.05, 0) is 68.8 Å². The third-order valence-electron chi connectivity index (χ3n) is 5.65. The van der Waals surface area contributed by atoms with E-state index in [9.17, 15) is 18.0 Å². The van der Waals surface area contributed by atoms with Gasteiger partial charge in [0.05, 0.1) is 28.7 Å². The molecule has 0 fully saturated rings. The van der Waals surface area contributed by atoms with E-state index in [0.717, 1.165) is 32.7 Å². The Hall–Kier alpha value is -3.43. The molecule has 1 amide bonds. The number of carbonyl (C=O) groups is 1. The number of benzene rings is 3. The maximum Gasteiger partial charge on any atom is 0.308 e. The van der Waals surface area contributed by atoms with E-state index in [2.05, 4.69) is 5.32 Å². The summed E-state index contributed by atoms with van der Waals surface area (Å²) in [6, 6.07) is 19.6. The number of fused-ring (bicyclic) bond motifs is 1. The van der Waals surface area contributed by atoms with Crippen LogP contribution in [0.4, 0.5) is 11.4 Å². The molecule has 4 aromatic rings. The van der Waals surface area contributed by atoms with Crippen molar-refractivity contribution in [1.82, 2.24) is 4.57 Å². The van der Waals surface area contributed by atoms with Gasteiger partial charge in [0.1, 0.15) is 0 Å². The van der Waals surface area contributed by atoms with Gasteiger partial charge in [0, 0.05) is 17.3 Å². The van der Waals surface area contributed by atoms with Crippen LogP contribution in [-0.4, -0.2) is 25.1 Å². The molecule has 35 heavy (non-hydrogen) atoms. The van der Waals surface area contributed by atoms with Gasteiger partial charge in [0.2, 0.25) is 10.0 Å². The third-order valence-corrected chi connectivity index (χ3v) is 7.71. The largest absolute Gasteiger partial charge is 0.322 e. The lowest BCUT2D eigenvalue weighted by molar-refractivity contribution is 0.102. The van der Waals surface area contributed by atoms with Crippen molar-refractivity contribution in [2.24, 2.45) is 0 Å². The molecule has 0 aliphatic carbocycles. The summed E-state index contributed by atoms with van der Waals surface area (Å²) in [6.45, 7) is 6.09. The van der Waals surface area contributed by atoms with Crippen LogP contribution in [-0.2, 0) is 16.6 Å². The molecule has 3 aromatic carbocycles. The minimum Gasteiger partial charge on any atom is -0.322 e. The maximum atomic E-state index is 12.8. The number of amides is 1. The van der Waals surface area contributed by atoms with E-state index >= 15 is 0 Å². The highest BCUT2D eigenvalue weighted by Gasteiger charge is 2.19. The fourth-order valence-electron chi connectivity index (χ4n) is 3.84. The van der Waals surface area contributed by atoms with Crippen molar-refractivity contribution < 1.29 is 13.2 Å². The molecule has 9 heteroatoms. The molecule has 1 heterocycles. The Bertz CT molecular complexity index is 1530. The Morgan fingerprint density at radius 1 is 1.03 bits per heavy atom. The van der Waals surface area contributed by atoms with Gasteiger partial charge in [-0.25, -0.2) is 8.42 Å². The van der Waals surface area contributed by atoms with Crippen molar-refractivity contribution in [3.05, 3.63) is 93.1 Å². The fraction of sp³-hybridized carbons (Fsp3) is 0.231. The topological polar surface area (TPSA) is 88.5 Å². The Morgan fingerprint density at radius 2 is 1.69 bits per heavy atom. The first-order valence-corrected chi connectivity index (χ1v) is 13.8. The number of nitrogens with zero attached hydrogens (tertiary/aromatic N) is 2. The molecule has 0 aliphatic rings. The highest BCUT2D eigenvalue weighted by Crippen LogP contribution is 2.25. The second kappa shape index (κ2) is 9.67. The number of thiazole rings is 1. The molecule has 4 rings (SSSR count). The second-order valence-electron chi connectivity index (χ2n) is 8.77. The van der Waals surface area contributed by atoms with Gasteiger partial charge < -0.3 is 5.32 Å². The Morgan fingerprint density at radius 3 is 2.29 bits per heavy atom. The van der Waals surface area contributed by atoms with E-state index in [4.69, 9.17) is 0 Å². The molecule has 0 saturated carbocycles. The van der Waals surface area contributed by atoms with Crippen LogP contribution in [0.2, 0.25) is 0 Å². The average Bonchev–Trinajstić information content (AvgIpc) is 3.13. The molecular formula is C26H27N3O4S2. The summed E-state index contributed by atoms with van der Waals surface area (Å²) in [4.78, 5) is 25.1. The van der Waals surface area contributed by atoms with Gasteiger partial charge in [-0.1, -0.05) is 41.2 Å². The van der Waals surface area contributed by atoms with Crippen molar-refractivity contribution in [3.63, 3.8) is 0 Å². The number of carbonyl (C=O) groups excluding carboxylic acids is 1. The van der Waals surface area contributed by atoms with Crippen molar-refractivity contribution >= 4 is 48.9 Å². The summed E-state index contributed by atoms with van der Waals surface area (Å²) >= 11 is 1.15. The van der Waals surface area contributed by atoms with Gasteiger partial charge in [-0.3, -0.25) is 18.5 Å². The summed E-state index contributed by atoms with van der Waals surface area (Å²) in [6.07, 6.45) is 1.17. The molecule has 182 valence electrons. The molecule has 0 radical (unpaired) electrons. The lowest BCUT2D eigenvalue weighted by atomic mass is 10.1. The summed E-state index contributed by atoms with van der Waals surface area (Å²) in [5.74, 6) is -0.323. The minimum atomic E-state index is -3.53. The summed E-state index contributed by atoms with van der Waals surface area (Å²) < 4.78 is 28.8. The molecular weight excluding hydrogens is 482 g/mol. The Labute approximate surface area is 208 Å². The molecule has 7 nitrogen and oxygen atoms in total. The highest BCUT2D eigenvalue weighted by molar-refractivity contribution is 7.92. The molecule has 0 unspecified atom stereocenters. The first-order chi connectivity index (χ1) is 16.5. The van der Waals surface area contributed by atoms with Crippen molar-refractivity contribution in [2.45, 2.75) is 33.4 Å². The van der Waals surface area contributed by atoms with E-state index in [0.29, 0.717) is 16.9 Å². The van der Waals surface area contributed by atoms with Crippen molar-refractivity contribution in [1.29, 1.82) is 0 Å².